The number of nitrogens with zero attached hydrogens (tertiary/aromatic N) is 2. The third kappa shape index (κ3) is 3.32. The van der Waals surface area contributed by atoms with E-state index in [0.29, 0.717) is 17.3 Å². The molecule has 1 atom stereocenters. The molecule has 1 N–H and O–H groups in total. The number of fused-ring (bicyclic) bond motifs is 1. The minimum atomic E-state index is -0.475. The monoisotopic (exact) mass is 347 g/mol. The van der Waals surface area contributed by atoms with E-state index in [1.54, 1.807) is 18.4 Å². The zero-order chi connectivity index (χ0) is 17.1. The van der Waals surface area contributed by atoms with Crippen LogP contribution in [0.5, 0.6) is 5.75 Å². The van der Waals surface area contributed by atoms with Crippen molar-refractivity contribution in [1.82, 2.24) is 14.9 Å². The first-order valence-corrected chi connectivity index (χ1v) is 8.47. The van der Waals surface area contributed by atoms with Crippen molar-refractivity contribution in [3.8, 4) is 5.75 Å². The van der Waals surface area contributed by atoms with Gasteiger partial charge in [-0.25, -0.2) is 9.37 Å². The standard InChI is InChI=1S/C17H18FN3O2S/c1-19-6-5-13(15-4-3-7-24-15)23-14-9-11(18)8-12-16(14)17(22)21(2)10-20-12/h3-4,7-10,13,19H,5-6H2,1-2H3/t13-/m1/s1. The molecule has 0 aliphatic carbocycles. The predicted molar refractivity (Wildman–Crippen MR) is 93.2 cm³/mol. The molecule has 0 aliphatic rings. The SMILES string of the molecule is CNCC[C@@H](Oc1cc(F)cc2ncn(C)c(=O)c12)c1cccs1. The maximum Gasteiger partial charge on any atom is 0.264 e. The summed E-state index contributed by atoms with van der Waals surface area (Å²) in [5.74, 6) is -0.245. The van der Waals surface area contributed by atoms with Gasteiger partial charge in [0, 0.05) is 30.5 Å². The number of nitrogens with one attached hydrogen (secondary N) is 1. The van der Waals surface area contributed by atoms with E-state index >= 15 is 0 Å². The molecule has 0 unspecified atom stereocenters. The third-order valence-corrected chi connectivity index (χ3v) is 4.70. The van der Waals surface area contributed by atoms with E-state index in [9.17, 15) is 9.18 Å². The second-order valence-corrected chi connectivity index (χ2v) is 6.45. The highest BCUT2D eigenvalue weighted by Crippen LogP contribution is 2.31. The summed E-state index contributed by atoms with van der Waals surface area (Å²) in [4.78, 5) is 17.6. The van der Waals surface area contributed by atoms with Crippen molar-refractivity contribution < 1.29 is 9.13 Å². The van der Waals surface area contributed by atoms with Crippen molar-refractivity contribution in [2.45, 2.75) is 12.5 Å². The van der Waals surface area contributed by atoms with Crippen LogP contribution in [0.4, 0.5) is 4.39 Å². The molecule has 0 fully saturated rings. The highest BCUT2D eigenvalue weighted by molar-refractivity contribution is 7.10. The van der Waals surface area contributed by atoms with Crippen LogP contribution < -0.4 is 15.6 Å². The largest absolute Gasteiger partial charge is 0.484 e. The van der Waals surface area contributed by atoms with E-state index in [2.05, 4.69) is 10.3 Å². The molecule has 0 spiro atoms. The number of benzene rings is 1. The van der Waals surface area contributed by atoms with E-state index in [-0.39, 0.29) is 17.4 Å². The first-order chi connectivity index (χ1) is 11.6. The van der Waals surface area contributed by atoms with E-state index in [0.717, 1.165) is 11.4 Å². The Kier molecular flexibility index (Phi) is 4.92. The van der Waals surface area contributed by atoms with Crippen LogP contribution in [-0.4, -0.2) is 23.1 Å². The third-order valence-electron chi connectivity index (χ3n) is 3.74. The van der Waals surface area contributed by atoms with Gasteiger partial charge in [0.15, 0.2) is 0 Å². The average molecular weight is 347 g/mol. The van der Waals surface area contributed by atoms with Crippen LogP contribution in [0, 0.1) is 5.82 Å². The molecule has 7 heteroatoms. The number of hydrogen-bond acceptors (Lipinski definition) is 5. The van der Waals surface area contributed by atoms with Crippen molar-refractivity contribution >= 4 is 22.2 Å². The summed E-state index contributed by atoms with van der Waals surface area (Å²) in [6.45, 7) is 0.742. The van der Waals surface area contributed by atoms with Crippen LogP contribution in [0.25, 0.3) is 10.9 Å². The van der Waals surface area contributed by atoms with Gasteiger partial charge in [-0.05, 0) is 25.0 Å². The van der Waals surface area contributed by atoms with Gasteiger partial charge in [-0.3, -0.25) is 4.79 Å². The Labute approximate surface area is 142 Å². The molecule has 126 valence electrons. The first-order valence-electron chi connectivity index (χ1n) is 7.59. The van der Waals surface area contributed by atoms with Crippen LogP contribution >= 0.6 is 11.3 Å². The molecule has 2 aromatic heterocycles. The van der Waals surface area contributed by atoms with Gasteiger partial charge >= 0.3 is 0 Å². The van der Waals surface area contributed by atoms with Crippen LogP contribution in [0.1, 0.15) is 17.4 Å². The van der Waals surface area contributed by atoms with Crippen molar-refractivity contribution in [3.05, 3.63) is 57.0 Å². The Morgan fingerprint density at radius 2 is 2.29 bits per heavy atom. The fourth-order valence-electron chi connectivity index (χ4n) is 2.52. The molecule has 2 heterocycles. The lowest BCUT2D eigenvalue weighted by atomic mass is 10.2. The lowest BCUT2D eigenvalue weighted by Gasteiger charge is -2.19. The van der Waals surface area contributed by atoms with Crippen molar-refractivity contribution in [1.29, 1.82) is 0 Å². The summed E-state index contributed by atoms with van der Waals surface area (Å²) >= 11 is 1.57. The Hall–Kier alpha value is -2.25. The van der Waals surface area contributed by atoms with Crippen LogP contribution in [0.2, 0.25) is 0 Å². The van der Waals surface area contributed by atoms with Gasteiger partial charge in [0.25, 0.3) is 5.56 Å². The molecule has 24 heavy (non-hydrogen) atoms. The normalized spacial score (nSPS) is 12.5. The molecule has 0 saturated heterocycles. The fourth-order valence-corrected chi connectivity index (χ4v) is 3.31. The molecular weight excluding hydrogens is 329 g/mol. The maximum absolute atomic E-state index is 13.9. The van der Waals surface area contributed by atoms with Gasteiger partial charge in [0.1, 0.15) is 23.1 Å². The number of halogens is 1. The first kappa shape index (κ1) is 16.6. The Morgan fingerprint density at radius 3 is 3.00 bits per heavy atom. The van der Waals surface area contributed by atoms with Gasteiger partial charge in [-0.15, -0.1) is 11.3 Å². The predicted octanol–water partition coefficient (Wildman–Crippen LogP) is 2.86. The van der Waals surface area contributed by atoms with E-state index < -0.39 is 5.82 Å². The fraction of sp³-hybridized carbons (Fsp3) is 0.294. The topological polar surface area (TPSA) is 56.1 Å². The molecule has 0 bridgehead atoms. The summed E-state index contributed by atoms with van der Waals surface area (Å²) in [5.41, 5.74) is 0.0418. The molecule has 0 amide bonds. The van der Waals surface area contributed by atoms with E-state index in [1.165, 1.54) is 23.0 Å². The number of thiophene rings is 1. The summed E-state index contributed by atoms with van der Waals surface area (Å²) in [7, 11) is 3.47. The van der Waals surface area contributed by atoms with E-state index in [4.69, 9.17) is 4.74 Å². The molecular formula is C17H18FN3O2S. The minimum Gasteiger partial charge on any atom is -0.484 e. The van der Waals surface area contributed by atoms with Crippen LogP contribution in [0.3, 0.4) is 0 Å². The van der Waals surface area contributed by atoms with Gasteiger partial charge in [-0.2, -0.15) is 0 Å². The molecule has 0 radical (unpaired) electrons. The number of aryl methyl sites for hydroxylation is 1. The van der Waals surface area contributed by atoms with Crippen molar-refractivity contribution in [3.63, 3.8) is 0 Å². The lowest BCUT2D eigenvalue weighted by Crippen LogP contribution is -2.20. The van der Waals surface area contributed by atoms with Gasteiger partial charge in [-0.1, -0.05) is 6.07 Å². The second kappa shape index (κ2) is 7.11. The van der Waals surface area contributed by atoms with Crippen LogP contribution in [-0.2, 0) is 7.05 Å². The average Bonchev–Trinajstić information content (AvgIpc) is 3.09. The Bertz CT molecular complexity index is 893. The second-order valence-electron chi connectivity index (χ2n) is 5.47. The summed E-state index contributed by atoms with van der Waals surface area (Å²) in [6, 6.07) is 6.42. The Morgan fingerprint density at radius 1 is 1.46 bits per heavy atom. The number of rotatable bonds is 6. The molecule has 3 rings (SSSR count). The van der Waals surface area contributed by atoms with Gasteiger partial charge in [0.05, 0.1) is 11.8 Å². The van der Waals surface area contributed by atoms with Gasteiger partial charge < -0.3 is 14.6 Å². The minimum absolute atomic E-state index is 0.230. The number of hydrogen-bond donors (Lipinski definition) is 1. The number of ether oxygens (including phenoxy) is 1. The molecule has 0 aliphatic heterocycles. The smallest absolute Gasteiger partial charge is 0.264 e. The molecule has 1 aromatic carbocycles. The highest BCUT2D eigenvalue weighted by Gasteiger charge is 2.18. The quantitative estimate of drug-likeness (QED) is 0.745. The van der Waals surface area contributed by atoms with Crippen LogP contribution in [0.15, 0.2) is 40.8 Å². The highest BCUT2D eigenvalue weighted by atomic mass is 32.1. The van der Waals surface area contributed by atoms with Crippen molar-refractivity contribution in [2.75, 3.05) is 13.6 Å². The maximum atomic E-state index is 13.9. The molecule has 3 aromatic rings. The summed E-state index contributed by atoms with van der Waals surface area (Å²) in [5, 5.41) is 5.35. The summed E-state index contributed by atoms with van der Waals surface area (Å²) in [6.07, 6.45) is 1.83. The number of aromatic nitrogens is 2. The zero-order valence-electron chi connectivity index (χ0n) is 13.5. The summed E-state index contributed by atoms with van der Waals surface area (Å²) < 4.78 is 21.4. The van der Waals surface area contributed by atoms with Gasteiger partial charge in [0.2, 0.25) is 0 Å². The van der Waals surface area contributed by atoms with Crippen molar-refractivity contribution in [2.24, 2.45) is 7.05 Å². The Balaban J connectivity index is 2.07. The lowest BCUT2D eigenvalue weighted by molar-refractivity contribution is 0.200. The van der Waals surface area contributed by atoms with E-state index in [1.807, 2.05) is 24.6 Å². The molecule has 0 saturated carbocycles. The molecule has 5 nitrogen and oxygen atoms in total. The zero-order valence-corrected chi connectivity index (χ0v) is 14.3.